The van der Waals surface area contributed by atoms with E-state index in [1.807, 2.05) is 62.4 Å². The highest BCUT2D eigenvalue weighted by Crippen LogP contribution is 2.17. The number of nitrogens with one attached hydrogen (secondary N) is 2. The predicted octanol–water partition coefficient (Wildman–Crippen LogP) is 3.69. The van der Waals surface area contributed by atoms with E-state index >= 15 is 0 Å². The summed E-state index contributed by atoms with van der Waals surface area (Å²) in [5, 5.41) is 6.00. The van der Waals surface area contributed by atoms with Crippen LogP contribution in [0.25, 0.3) is 0 Å². The molecule has 0 aliphatic carbocycles. The van der Waals surface area contributed by atoms with Gasteiger partial charge in [-0.15, -0.1) is 11.8 Å². The summed E-state index contributed by atoms with van der Waals surface area (Å²) in [5.41, 5.74) is 9.78. The van der Waals surface area contributed by atoms with Crippen molar-refractivity contribution in [2.24, 2.45) is 0 Å². The van der Waals surface area contributed by atoms with Gasteiger partial charge in [0.25, 0.3) is 0 Å². The molecule has 3 aromatic rings. The molecule has 0 aliphatic heterocycles. The second-order valence-corrected chi connectivity index (χ2v) is 7.25. The van der Waals surface area contributed by atoms with Crippen LogP contribution >= 0.6 is 11.8 Å². The first-order valence-electron chi connectivity index (χ1n) is 8.77. The van der Waals surface area contributed by atoms with E-state index in [0.29, 0.717) is 23.3 Å². The van der Waals surface area contributed by atoms with Gasteiger partial charge in [-0.05, 0) is 49.2 Å². The highest BCUT2D eigenvalue weighted by Gasteiger charge is 2.08. The van der Waals surface area contributed by atoms with E-state index in [-0.39, 0.29) is 11.9 Å². The SMILES string of the molecule is Cc1ccc(NC(=O)CSCc2nc(N)nc(Nc3ccccc3)n2)cc1C. The first-order valence-corrected chi connectivity index (χ1v) is 9.92. The number of hydrogen-bond donors (Lipinski definition) is 3. The van der Waals surface area contributed by atoms with E-state index in [0.717, 1.165) is 16.9 Å². The second-order valence-electron chi connectivity index (χ2n) is 6.26. The molecular formula is C20H22N6OS. The number of hydrogen-bond acceptors (Lipinski definition) is 7. The minimum Gasteiger partial charge on any atom is -0.368 e. The summed E-state index contributed by atoms with van der Waals surface area (Å²) in [5.74, 6) is 1.72. The lowest BCUT2D eigenvalue weighted by Crippen LogP contribution is -2.14. The summed E-state index contributed by atoms with van der Waals surface area (Å²) in [4.78, 5) is 24.8. The lowest BCUT2D eigenvalue weighted by Gasteiger charge is -2.08. The number of nitrogens with zero attached hydrogens (tertiary/aromatic N) is 3. The molecule has 0 bridgehead atoms. The zero-order valence-electron chi connectivity index (χ0n) is 15.8. The fourth-order valence-corrected chi connectivity index (χ4v) is 3.13. The third-order valence-electron chi connectivity index (χ3n) is 3.98. The number of nitrogen functional groups attached to an aromatic ring is 1. The number of para-hydroxylation sites is 1. The van der Waals surface area contributed by atoms with Gasteiger partial charge in [-0.25, -0.2) is 0 Å². The van der Waals surface area contributed by atoms with Gasteiger partial charge in [-0.1, -0.05) is 24.3 Å². The van der Waals surface area contributed by atoms with Crippen molar-refractivity contribution >= 4 is 40.9 Å². The molecule has 0 aliphatic rings. The number of aromatic nitrogens is 3. The Hall–Kier alpha value is -3.13. The monoisotopic (exact) mass is 394 g/mol. The molecule has 28 heavy (non-hydrogen) atoms. The second kappa shape index (κ2) is 9.18. The van der Waals surface area contributed by atoms with Crippen molar-refractivity contribution in [2.45, 2.75) is 19.6 Å². The normalized spacial score (nSPS) is 10.5. The third kappa shape index (κ3) is 5.68. The van der Waals surface area contributed by atoms with Crippen LogP contribution in [0.4, 0.5) is 23.3 Å². The maximum Gasteiger partial charge on any atom is 0.234 e. The third-order valence-corrected chi connectivity index (χ3v) is 4.91. The molecule has 2 aromatic carbocycles. The molecule has 0 saturated carbocycles. The van der Waals surface area contributed by atoms with Crippen molar-refractivity contribution in [3.8, 4) is 0 Å². The van der Waals surface area contributed by atoms with E-state index < -0.39 is 0 Å². The first kappa shape index (κ1) is 19.6. The van der Waals surface area contributed by atoms with Gasteiger partial charge < -0.3 is 16.4 Å². The molecule has 3 rings (SSSR count). The summed E-state index contributed by atoms with van der Waals surface area (Å²) >= 11 is 1.42. The molecule has 4 N–H and O–H groups in total. The van der Waals surface area contributed by atoms with Gasteiger partial charge in [0.1, 0.15) is 5.82 Å². The Morgan fingerprint density at radius 3 is 2.54 bits per heavy atom. The Balaban J connectivity index is 1.54. The summed E-state index contributed by atoms with van der Waals surface area (Å²) in [7, 11) is 0. The number of anilines is 4. The van der Waals surface area contributed by atoms with Crippen LogP contribution in [0.3, 0.4) is 0 Å². The van der Waals surface area contributed by atoms with Crippen molar-refractivity contribution in [3.63, 3.8) is 0 Å². The van der Waals surface area contributed by atoms with Crippen LogP contribution in [0.5, 0.6) is 0 Å². The fourth-order valence-electron chi connectivity index (χ4n) is 2.46. The molecule has 0 radical (unpaired) electrons. The van der Waals surface area contributed by atoms with E-state index in [1.54, 1.807) is 0 Å². The van der Waals surface area contributed by atoms with Crippen LogP contribution in [-0.4, -0.2) is 26.6 Å². The number of thioether (sulfide) groups is 1. The van der Waals surface area contributed by atoms with Crippen LogP contribution < -0.4 is 16.4 Å². The summed E-state index contributed by atoms with van der Waals surface area (Å²) < 4.78 is 0. The largest absolute Gasteiger partial charge is 0.368 e. The molecule has 0 fully saturated rings. The molecule has 144 valence electrons. The lowest BCUT2D eigenvalue weighted by atomic mass is 10.1. The zero-order chi connectivity index (χ0) is 19.9. The van der Waals surface area contributed by atoms with Crippen LogP contribution in [0.2, 0.25) is 0 Å². The number of amides is 1. The summed E-state index contributed by atoms with van der Waals surface area (Å²) in [6.07, 6.45) is 0. The van der Waals surface area contributed by atoms with Crippen LogP contribution in [-0.2, 0) is 10.5 Å². The van der Waals surface area contributed by atoms with Gasteiger partial charge in [-0.3, -0.25) is 4.79 Å². The number of rotatable bonds is 7. The molecule has 1 amide bonds. The Bertz CT molecular complexity index is 964. The smallest absolute Gasteiger partial charge is 0.234 e. The average Bonchev–Trinajstić information content (AvgIpc) is 2.65. The lowest BCUT2D eigenvalue weighted by molar-refractivity contribution is -0.113. The summed E-state index contributed by atoms with van der Waals surface area (Å²) in [6, 6.07) is 15.4. The fraction of sp³-hybridized carbons (Fsp3) is 0.200. The molecule has 0 spiro atoms. The first-order chi connectivity index (χ1) is 13.5. The zero-order valence-corrected chi connectivity index (χ0v) is 16.6. The highest BCUT2D eigenvalue weighted by atomic mass is 32.2. The highest BCUT2D eigenvalue weighted by molar-refractivity contribution is 7.99. The Kier molecular flexibility index (Phi) is 6.44. The van der Waals surface area contributed by atoms with Crippen LogP contribution in [0, 0.1) is 13.8 Å². The average molecular weight is 395 g/mol. The minimum atomic E-state index is -0.0714. The standard InChI is InChI=1S/C20H22N6OS/c1-13-8-9-16(10-14(13)2)22-18(27)12-28-11-17-24-19(21)26-20(25-17)23-15-6-4-3-5-7-15/h3-10H,11-12H2,1-2H3,(H,22,27)(H3,21,23,24,25,26). The Morgan fingerprint density at radius 1 is 1.00 bits per heavy atom. The van der Waals surface area contributed by atoms with Gasteiger partial charge in [0.2, 0.25) is 17.8 Å². The van der Waals surface area contributed by atoms with E-state index in [9.17, 15) is 4.79 Å². The number of carbonyl (C=O) groups is 1. The molecule has 0 saturated heterocycles. The number of benzene rings is 2. The van der Waals surface area contributed by atoms with Gasteiger partial charge in [0, 0.05) is 11.4 Å². The van der Waals surface area contributed by atoms with E-state index in [1.165, 1.54) is 17.3 Å². The maximum absolute atomic E-state index is 12.2. The number of carbonyl (C=O) groups excluding carboxylic acids is 1. The molecular weight excluding hydrogens is 372 g/mol. The predicted molar refractivity (Wildman–Crippen MR) is 115 cm³/mol. The maximum atomic E-state index is 12.2. The number of nitrogens with two attached hydrogens (primary N) is 1. The minimum absolute atomic E-state index is 0.0714. The van der Waals surface area contributed by atoms with E-state index in [2.05, 4.69) is 25.6 Å². The summed E-state index contributed by atoms with van der Waals surface area (Å²) in [6.45, 7) is 4.06. The van der Waals surface area contributed by atoms with Crippen molar-refractivity contribution in [3.05, 3.63) is 65.5 Å². The Morgan fingerprint density at radius 2 is 1.79 bits per heavy atom. The van der Waals surface area contributed by atoms with Gasteiger partial charge >= 0.3 is 0 Å². The molecule has 0 unspecified atom stereocenters. The Labute approximate surface area is 168 Å². The van der Waals surface area contributed by atoms with Crippen LogP contribution in [0.1, 0.15) is 17.0 Å². The topological polar surface area (TPSA) is 106 Å². The van der Waals surface area contributed by atoms with Crippen LogP contribution in [0.15, 0.2) is 48.5 Å². The molecule has 8 heteroatoms. The molecule has 1 aromatic heterocycles. The molecule has 0 atom stereocenters. The number of aryl methyl sites for hydroxylation is 2. The van der Waals surface area contributed by atoms with Gasteiger partial charge in [0.05, 0.1) is 11.5 Å². The van der Waals surface area contributed by atoms with Gasteiger partial charge in [-0.2, -0.15) is 15.0 Å². The quantitative estimate of drug-likeness (QED) is 0.561. The molecule has 7 nitrogen and oxygen atoms in total. The van der Waals surface area contributed by atoms with Crippen molar-refractivity contribution < 1.29 is 4.79 Å². The van der Waals surface area contributed by atoms with Crippen molar-refractivity contribution in [1.29, 1.82) is 0 Å². The molecule has 1 heterocycles. The van der Waals surface area contributed by atoms with Crippen molar-refractivity contribution in [1.82, 2.24) is 15.0 Å². The van der Waals surface area contributed by atoms with E-state index in [4.69, 9.17) is 5.73 Å². The van der Waals surface area contributed by atoms with Gasteiger partial charge in [0.15, 0.2) is 0 Å². The van der Waals surface area contributed by atoms with Crippen molar-refractivity contribution in [2.75, 3.05) is 22.1 Å².